The van der Waals surface area contributed by atoms with Crippen molar-refractivity contribution in [1.82, 2.24) is 9.97 Å². The van der Waals surface area contributed by atoms with Gasteiger partial charge in [-0.1, -0.05) is 13.3 Å². The molecule has 0 spiro atoms. The van der Waals surface area contributed by atoms with E-state index in [-0.39, 0.29) is 11.6 Å². The van der Waals surface area contributed by atoms with Crippen molar-refractivity contribution in [2.75, 3.05) is 26.9 Å². The van der Waals surface area contributed by atoms with E-state index in [0.717, 1.165) is 19.4 Å². The van der Waals surface area contributed by atoms with Gasteiger partial charge in [0.2, 0.25) is 5.88 Å². The van der Waals surface area contributed by atoms with Gasteiger partial charge in [-0.15, -0.1) is 0 Å². The fourth-order valence-corrected chi connectivity index (χ4v) is 1.17. The molecule has 0 aromatic carbocycles. The van der Waals surface area contributed by atoms with Gasteiger partial charge in [0.25, 0.3) is 0 Å². The number of carbonyl (C=O) groups excluding carboxylic acids is 1. The van der Waals surface area contributed by atoms with Gasteiger partial charge < -0.3 is 14.2 Å². The molecule has 0 unspecified atom stereocenters. The van der Waals surface area contributed by atoms with Crippen molar-refractivity contribution < 1.29 is 19.0 Å². The van der Waals surface area contributed by atoms with Gasteiger partial charge >= 0.3 is 5.97 Å². The van der Waals surface area contributed by atoms with E-state index in [2.05, 4.69) is 21.6 Å². The molecule has 0 saturated carbocycles. The first-order valence-corrected chi connectivity index (χ1v) is 5.88. The molecule has 0 N–H and O–H groups in total. The summed E-state index contributed by atoms with van der Waals surface area (Å²) in [5.74, 6) is -0.246. The van der Waals surface area contributed by atoms with E-state index in [1.54, 1.807) is 0 Å². The molecule has 0 aliphatic heterocycles. The molecule has 1 heterocycles. The molecule has 0 saturated heterocycles. The van der Waals surface area contributed by atoms with Crippen molar-refractivity contribution in [2.24, 2.45) is 0 Å². The molecule has 0 amide bonds. The molecule has 100 valence electrons. The van der Waals surface area contributed by atoms with Crippen molar-refractivity contribution >= 4 is 5.97 Å². The zero-order valence-electron chi connectivity index (χ0n) is 10.7. The van der Waals surface area contributed by atoms with E-state index in [4.69, 9.17) is 9.47 Å². The van der Waals surface area contributed by atoms with E-state index >= 15 is 0 Å². The van der Waals surface area contributed by atoms with Gasteiger partial charge in [-0.2, -0.15) is 0 Å². The molecule has 0 aliphatic carbocycles. The minimum Gasteiger partial charge on any atom is -0.474 e. The molecule has 0 bridgehead atoms. The lowest BCUT2D eigenvalue weighted by atomic mass is 10.4. The van der Waals surface area contributed by atoms with Crippen LogP contribution in [0.2, 0.25) is 0 Å². The molecule has 1 aromatic rings. The monoisotopic (exact) mass is 254 g/mol. The third-order valence-corrected chi connectivity index (χ3v) is 2.13. The number of unbranched alkanes of at least 4 members (excludes halogenated alkanes) is 1. The second-order valence-corrected chi connectivity index (χ2v) is 3.55. The van der Waals surface area contributed by atoms with Crippen LogP contribution < -0.4 is 4.74 Å². The molecule has 18 heavy (non-hydrogen) atoms. The number of carbonyl (C=O) groups is 1. The summed E-state index contributed by atoms with van der Waals surface area (Å²) in [5, 5.41) is 0. The molecular formula is C12H18N2O4. The van der Waals surface area contributed by atoms with Crippen molar-refractivity contribution in [2.45, 2.75) is 19.8 Å². The quantitative estimate of drug-likeness (QED) is 0.516. The summed E-state index contributed by atoms with van der Waals surface area (Å²) in [6.45, 7) is 3.70. The largest absolute Gasteiger partial charge is 0.474 e. The standard InChI is InChI=1S/C12H18N2O4/c1-3-4-5-17-6-7-18-11-9-13-8-10(14-11)12(15)16-2/h8-9H,3-7H2,1-2H3. The maximum atomic E-state index is 11.2. The third kappa shape index (κ3) is 5.09. The van der Waals surface area contributed by atoms with Crippen molar-refractivity contribution in [3.05, 3.63) is 18.1 Å². The molecular weight excluding hydrogens is 236 g/mol. The number of aromatic nitrogens is 2. The highest BCUT2D eigenvalue weighted by molar-refractivity contribution is 5.86. The number of hydrogen-bond acceptors (Lipinski definition) is 6. The summed E-state index contributed by atoms with van der Waals surface area (Å²) in [6, 6.07) is 0. The van der Waals surface area contributed by atoms with Crippen LogP contribution in [0.25, 0.3) is 0 Å². The zero-order chi connectivity index (χ0) is 13.2. The second-order valence-electron chi connectivity index (χ2n) is 3.55. The first kappa shape index (κ1) is 14.4. The predicted octanol–water partition coefficient (Wildman–Crippen LogP) is 1.46. The van der Waals surface area contributed by atoms with Crippen LogP contribution in [0.1, 0.15) is 30.3 Å². The first-order chi connectivity index (χ1) is 8.77. The molecule has 0 aliphatic rings. The molecule has 0 fully saturated rings. The van der Waals surface area contributed by atoms with E-state index < -0.39 is 5.97 Å². The molecule has 0 radical (unpaired) electrons. The summed E-state index contributed by atoms with van der Waals surface area (Å²) < 4.78 is 15.2. The van der Waals surface area contributed by atoms with Gasteiger partial charge in [0.05, 0.1) is 26.1 Å². The molecule has 1 aromatic heterocycles. The van der Waals surface area contributed by atoms with Crippen LogP contribution in [0.5, 0.6) is 5.88 Å². The van der Waals surface area contributed by atoms with E-state index in [9.17, 15) is 4.79 Å². The Morgan fingerprint density at radius 1 is 1.28 bits per heavy atom. The molecule has 6 nitrogen and oxygen atoms in total. The average molecular weight is 254 g/mol. The number of ether oxygens (including phenoxy) is 3. The van der Waals surface area contributed by atoms with E-state index in [1.165, 1.54) is 19.5 Å². The van der Waals surface area contributed by atoms with Gasteiger partial charge in [-0.3, -0.25) is 4.98 Å². The van der Waals surface area contributed by atoms with Gasteiger partial charge in [-0.25, -0.2) is 9.78 Å². The van der Waals surface area contributed by atoms with Gasteiger partial charge in [0, 0.05) is 6.61 Å². The smallest absolute Gasteiger partial charge is 0.358 e. The van der Waals surface area contributed by atoms with Crippen LogP contribution in [-0.2, 0) is 9.47 Å². The first-order valence-electron chi connectivity index (χ1n) is 5.88. The number of esters is 1. The minimum atomic E-state index is -0.535. The highest BCUT2D eigenvalue weighted by atomic mass is 16.5. The lowest BCUT2D eigenvalue weighted by Crippen LogP contribution is -2.10. The van der Waals surface area contributed by atoms with Gasteiger partial charge in [-0.05, 0) is 6.42 Å². The lowest BCUT2D eigenvalue weighted by Gasteiger charge is -2.06. The number of methoxy groups -OCH3 is 1. The van der Waals surface area contributed by atoms with Crippen LogP contribution in [0.15, 0.2) is 12.4 Å². The minimum absolute atomic E-state index is 0.127. The Morgan fingerprint density at radius 2 is 2.11 bits per heavy atom. The Morgan fingerprint density at radius 3 is 2.83 bits per heavy atom. The van der Waals surface area contributed by atoms with Crippen LogP contribution in [0.3, 0.4) is 0 Å². The normalized spacial score (nSPS) is 10.1. The lowest BCUT2D eigenvalue weighted by molar-refractivity contribution is 0.0591. The van der Waals surface area contributed by atoms with Crippen molar-refractivity contribution in [1.29, 1.82) is 0 Å². The molecule has 1 rings (SSSR count). The Labute approximate surface area is 106 Å². The molecule has 0 atom stereocenters. The average Bonchev–Trinajstić information content (AvgIpc) is 2.42. The van der Waals surface area contributed by atoms with Crippen LogP contribution in [-0.4, -0.2) is 42.9 Å². The van der Waals surface area contributed by atoms with E-state index in [0.29, 0.717) is 13.2 Å². The number of hydrogen-bond donors (Lipinski definition) is 0. The molecule has 6 heteroatoms. The van der Waals surface area contributed by atoms with Crippen LogP contribution >= 0.6 is 0 Å². The Balaban J connectivity index is 2.32. The maximum Gasteiger partial charge on any atom is 0.358 e. The zero-order valence-corrected chi connectivity index (χ0v) is 10.7. The Kier molecular flexibility index (Phi) is 6.71. The van der Waals surface area contributed by atoms with Crippen molar-refractivity contribution in [3.8, 4) is 5.88 Å². The predicted molar refractivity (Wildman–Crippen MR) is 64.6 cm³/mol. The summed E-state index contributed by atoms with van der Waals surface area (Å²) in [6.07, 6.45) is 4.92. The number of nitrogens with zero attached hydrogens (tertiary/aromatic N) is 2. The number of rotatable bonds is 8. The second kappa shape index (κ2) is 8.41. The fraction of sp³-hybridized carbons (Fsp3) is 0.583. The Hall–Kier alpha value is -1.69. The maximum absolute atomic E-state index is 11.2. The van der Waals surface area contributed by atoms with Crippen molar-refractivity contribution in [3.63, 3.8) is 0 Å². The summed E-state index contributed by atoms with van der Waals surface area (Å²) in [4.78, 5) is 19.0. The van der Waals surface area contributed by atoms with Crippen LogP contribution in [0.4, 0.5) is 0 Å². The Bertz CT molecular complexity index is 371. The van der Waals surface area contributed by atoms with Gasteiger partial charge in [0.1, 0.15) is 6.61 Å². The summed E-state index contributed by atoms with van der Waals surface area (Å²) >= 11 is 0. The topological polar surface area (TPSA) is 70.5 Å². The van der Waals surface area contributed by atoms with Gasteiger partial charge in [0.15, 0.2) is 5.69 Å². The summed E-state index contributed by atoms with van der Waals surface area (Å²) in [7, 11) is 1.29. The van der Waals surface area contributed by atoms with Crippen LogP contribution in [0, 0.1) is 0 Å². The third-order valence-electron chi connectivity index (χ3n) is 2.13. The summed E-state index contributed by atoms with van der Waals surface area (Å²) in [5.41, 5.74) is 0.127. The highest BCUT2D eigenvalue weighted by Gasteiger charge is 2.08. The highest BCUT2D eigenvalue weighted by Crippen LogP contribution is 2.05. The van der Waals surface area contributed by atoms with E-state index in [1.807, 2.05) is 0 Å². The fourth-order valence-electron chi connectivity index (χ4n) is 1.17. The SMILES string of the molecule is CCCCOCCOc1cncc(C(=O)OC)n1.